The molecular formula is C21H29N3O2S. The molecule has 5 nitrogen and oxygen atoms in total. The number of nitrogen functional groups attached to an aromatic ring is 1. The quantitative estimate of drug-likeness (QED) is 0.836. The zero-order valence-corrected chi connectivity index (χ0v) is 17.2. The number of ether oxygens (including phenoxy) is 1. The third-order valence-electron chi connectivity index (χ3n) is 6.03. The Morgan fingerprint density at radius 2 is 2.22 bits per heavy atom. The van der Waals surface area contributed by atoms with Gasteiger partial charge in [0.1, 0.15) is 9.71 Å². The number of amides is 1. The van der Waals surface area contributed by atoms with Gasteiger partial charge in [-0.05, 0) is 55.1 Å². The van der Waals surface area contributed by atoms with E-state index in [0.717, 1.165) is 42.5 Å². The van der Waals surface area contributed by atoms with Crippen molar-refractivity contribution in [3.8, 4) is 0 Å². The number of nitrogens with one attached hydrogen (secondary N) is 1. The number of hydrogen-bond donors (Lipinski definition) is 2. The van der Waals surface area contributed by atoms with Crippen molar-refractivity contribution < 1.29 is 9.53 Å². The number of carbonyl (C=O) groups excluding carboxylic acids is 1. The van der Waals surface area contributed by atoms with Crippen LogP contribution in [0.15, 0.2) is 6.07 Å². The Bertz CT molecular complexity index is 862. The smallest absolute Gasteiger partial charge is 0.263 e. The molecule has 0 bridgehead atoms. The van der Waals surface area contributed by atoms with E-state index in [4.69, 9.17) is 15.5 Å². The predicted octanol–water partition coefficient (Wildman–Crippen LogP) is 3.94. The SMILES string of the molecule is CC(C)(C)C1CCc2nc3sc(C(=O)NCC4CCCO4)c(N)c3cc2C1. The van der Waals surface area contributed by atoms with Crippen LogP contribution < -0.4 is 11.1 Å². The fraction of sp³-hybridized carbons (Fsp3) is 0.619. The highest BCUT2D eigenvalue weighted by atomic mass is 32.1. The molecule has 3 N–H and O–H groups in total. The zero-order chi connectivity index (χ0) is 19.2. The summed E-state index contributed by atoms with van der Waals surface area (Å²) < 4.78 is 5.58. The minimum absolute atomic E-state index is 0.114. The minimum atomic E-state index is -0.114. The molecule has 3 heterocycles. The highest BCUT2D eigenvalue weighted by molar-refractivity contribution is 7.21. The van der Waals surface area contributed by atoms with Gasteiger partial charge in [0.2, 0.25) is 0 Å². The molecule has 2 aromatic rings. The summed E-state index contributed by atoms with van der Waals surface area (Å²) in [4.78, 5) is 19.0. The van der Waals surface area contributed by atoms with Gasteiger partial charge >= 0.3 is 0 Å². The number of thiophene rings is 1. The van der Waals surface area contributed by atoms with Crippen molar-refractivity contribution in [3.05, 3.63) is 22.2 Å². The van der Waals surface area contributed by atoms with Crippen molar-refractivity contribution in [2.45, 2.75) is 59.0 Å². The van der Waals surface area contributed by atoms with Crippen LogP contribution in [0.25, 0.3) is 10.2 Å². The Hall–Kier alpha value is -1.66. The van der Waals surface area contributed by atoms with Crippen LogP contribution in [0.5, 0.6) is 0 Å². The maximum Gasteiger partial charge on any atom is 0.263 e. The van der Waals surface area contributed by atoms with Gasteiger partial charge in [0, 0.05) is 24.2 Å². The molecule has 0 radical (unpaired) electrons. The molecule has 2 unspecified atom stereocenters. The summed E-state index contributed by atoms with van der Waals surface area (Å²) in [5, 5.41) is 3.90. The maximum absolute atomic E-state index is 12.6. The van der Waals surface area contributed by atoms with Crippen LogP contribution in [0.1, 0.15) is 61.0 Å². The van der Waals surface area contributed by atoms with Crippen molar-refractivity contribution in [1.82, 2.24) is 10.3 Å². The van der Waals surface area contributed by atoms with Gasteiger partial charge in [-0.25, -0.2) is 4.98 Å². The number of rotatable bonds is 3. The minimum Gasteiger partial charge on any atom is -0.397 e. The van der Waals surface area contributed by atoms with Crippen LogP contribution in [0.3, 0.4) is 0 Å². The zero-order valence-electron chi connectivity index (χ0n) is 16.4. The molecule has 1 fully saturated rings. The number of carbonyl (C=O) groups is 1. The fourth-order valence-electron chi connectivity index (χ4n) is 4.19. The van der Waals surface area contributed by atoms with Crippen LogP contribution in [0, 0.1) is 11.3 Å². The molecular weight excluding hydrogens is 358 g/mol. The van der Waals surface area contributed by atoms with Gasteiger partial charge in [0.25, 0.3) is 5.91 Å². The highest BCUT2D eigenvalue weighted by Crippen LogP contribution is 2.40. The summed E-state index contributed by atoms with van der Waals surface area (Å²) in [5.41, 5.74) is 9.68. The number of hydrogen-bond acceptors (Lipinski definition) is 5. The van der Waals surface area contributed by atoms with Gasteiger partial charge in [-0.3, -0.25) is 4.79 Å². The van der Waals surface area contributed by atoms with Gasteiger partial charge in [-0.1, -0.05) is 20.8 Å². The van der Waals surface area contributed by atoms with Crippen molar-refractivity contribution in [1.29, 1.82) is 0 Å². The summed E-state index contributed by atoms with van der Waals surface area (Å²) in [6, 6.07) is 2.18. The lowest BCUT2D eigenvalue weighted by Crippen LogP contribution is -2.31. The van der Waals surface area contributed by atoms with Crippen LogP contribution in [0.4, 0.5) is 5.69 Å². The lowest BCUT2D eigenvalue weighted by atomic mass is 9.71. The molecule has 6 heteroatoms. The number of fused-ring (bicyclic) bond motifs is 2. The number of aromatic nitrogens is 1. The lowest BCUT2D eigenvalue weighted by Gasteiger charge is -2.34. The van der Waals surface area contributed by atoms with Crippen molar-refractivity contribution in [2.75, 3.05) is 18.9 Å². The second kappa shape index (κ2) is 7.06. The van der Waals surface area contributed by atoms with Gasteiger partial charge in [-0.15, -0.1) is 11.3 Å². The molecule has 0 spiro atoms. The molecule has 27 heavy (non-hydrogen) atoms. The summed E-state index contributed by atoms with van der Waals surface area (Å²) >= 11 is 1.40. The number of aryl methyl sites for hydroxylation is 1. The number of nitrogens with two attached hydrogens (primary N) is 1. The van der Waals surface area contributed by atoms with E-state index in [1.165, 1.54) is 29.0 Å². The average Bonchev–Trinajstić information content (AvgIpc) is 3.25. The number of anilines is 1. The topological polar surface area (TPSA) is 77.2 Å². The molecule has 2 aromatic heterocycles. The first-order valence-electron chi connectivity index (χ1n) is 9.93. The van der Waals surface area contributed by atoms with Gasteiger partial charge < -0.3 is 15.8 Å². The van der Waals surface area contributed by atoms with Gasteiger partial charge in [-0.2, -0.15) is 0 Å². The third kappa shape index (κ3) is 3.69. The monoisotopic (exact) mass is 387 g/mol. The standard InChI is InChI=1S/C21H29N3O2S/c1-21(2,3)13-6-7-16-12(9-13)10-15-17(22)18(27-20(15)24-16)19(25)23-11-14-5-4-8-26-14/h10,13-14H,4-9,11,22H2,1-3H3,(H,23,25). The fourth-order valence-corrected chi connectivity index (χ4v) is 5.20. The average molecular weight is 388 g/mol. The molecule has 1 saturated heterocycles. The first-order chi connectivity index (χ1) is 12.8. The lowest BCUT2D eigenvalue weighted by molar-refractivity contribution is 0.0862. The molecule has 0 aromatic carbocycles. The number of pyridine rings is 1. The second-order valence-electron chi connectivity index (χ2n) is 8.94. The van der Waals surface area contributed by atoms with Crippen LogP contribution in [-0.4, -0.2) is 30.1 Å². The Kier molecular flexibility index (Phi) is 4.89. The normalized spacial score (nSPS) is 22.8. The third-order valence-corrected chi connectivity index (χ3v) is 7.14. The summed E-state index contributed by atoms with van der Waals surface area (Å²) in [5.74, 6) is 0.537. The Morgan fingerprint density at radius 3 is 2.93 bits per heavy atom. The first kappa shape index (κ1) is 18.7. The molecule has 0 saturated carbocycles. The highest BCUT2D eigenvalue weighted by Gasteiger charge is 2.30. The molecule has 4 rings (SSSR count). The van der Waals surface area contributed by atoms with Crippen LogP contribution in [0.2, 0.25) is 0 Å². The Morgan fingerprint density at radius 1 is 1.41 bits per heavy atom. The molecule has 2 atom stereocenters. The first-order valence-corrected chi connectivity index (χ1v) is 10.7. The molecule has 146 valence electrons. The van der Waals surface area contributed by atoms with E-state index in [1.54, 1.807) is 0 Å². The van der Waals surface area contributed by atoms with E-state index in [0.29, 0.717) is 28.4 Å². The molecule has 2 aliphatic rings. The van der Waals surface area contributed by atoms with E-state index in [-0.39, 0.29) is 12.0 Å². The van der Waals surface area contributed by atoms with Crippen molar-refractivity contribution in [2.24, 2.45) is 11.3 Å². The number of nitrogens with zero attached hydrogens (tertiary/aromatic N) is 1. The van der Waals surface area contributed by atoms with E-state index in [1.807, 2.05) is 0 Å². The summed E-state index contributed by atoms with van der Waals surface area (Å²) in [7, 11) is 0. The van der Waals surface area contributed by atoms with Crippen LogP contribution in [-0.2, 0) is 17.6 Å². The summed E-state index contributed by atoms with van der Waals surface area (Å²) in [6.07, 6.45) is 5.42. The van der Waals surface area contributed by atoms with Gasteiger partial charge in [0.15, 0.2) is 0 Å². The van der Waals surface area contributed by atoms with Crippen molar-refractivity contribution >= 4 is 33.1 Å². The van der Waals surface area contributed by atoms with E-state index in [9.17, 15) is 4.79 Å². The Labute approximate surface area is 164 Å². The van der Waals surface area contributed by atoms with Crippen LogP contribution >= 0.6 is 11.3 Å². The van der Waals surface area contributed by atoms with Crippen molar-refractivity contribution in [3.63, 3.8) is 0 Å². The van der Waals surface area contributed by atoms with E-state index < -0.39 is 0 Å². The molecule has 1 amide bonds. The van der Waals surface area contributed by atoms with Gasteiger partial charge in [0.05, 0.1) is 11.8 Å². The maximum atomic E-state index is 12.6. The molecule has 1 aliphatic carbocycles. The predicted molar refractivity (Wildman–Crippen MR) is 110 cm³/mol. The molecule has 1 aliphatic heterocycles. The van der Waals surface area contributed by atoms with E-state index in [2.05, 4.69) is 32.2 Å². The Balaban J connectivity index is 1.57. The largest absolute Gasteiger partial charge is 0.397 e. The second-order valence-corrected chi connectivity index (χ2v) is 9.94. The summed E-state index contributed by atoms with van der Waals surface area (Å²) in [6.45, 7) is 8.26. The van der Waals surface area contributed by atoms with E-state index >= 15 is 0 Å².